The number of hydrogen-bond donors (Lipinski definition) is 1. The van der Waals surface area contributed by atoms with Crippen LogP contribution >= 0.6 is 0 Å². The molecule has 0 saturated heterocycles. The van der Waals surface area contributed by atoms with Gasteiger partial charge < -0.3 is 14.7 Å². The first-order chi connectivity index (χ1) is 24.1. The summed E-state index contributed by atoms with van der Waals surface area (Å²) in [7, 11) is 0.560. The molecule has 0 amide bonds. The predicted molar refractivity (Wildman–Crippen MR) is 191 cm³/mol. The standard InChI is InChI=1S/C40H52F5NO4S/c1-27-35(47)26-34-36-29(14-8-5-9-20-46(3)21-11-23-51(49)22-10-18-39(41,42)40(43,44)45)24-30-25-31(50-37(48)28-12-6-4-7-13-28)15-16-32(30)33(36)17-19-38(27,34)2/h4,6-7,12-13,15-16,25,29,33-36,47H,1,5,8-11,14,17-24,26H2,2-3H3/t29-,33?,34?,35-,36?,38-,51?/m1/s1. The van der Waals surface area contributed by atoms with Crippen molar-refractivity contribution in [3.63, 3.8) is 0 Å². The second-order valence-corrected chi connectivity index (χ2v) is 17.0. The summed E-state index contributed by atoms with van der Waals surface area (Å²) >= 11 is 0. The van der Waals surface area contributed by atoms with Crippen LogP contribution in [0.4, 0.5) is 22.0 Å². The maximum Gasteiger partial charge on any atom is 0.453 e. The van der Waals surface area contributed by atoms with E-state index in [1.165, 1.54) is 11.1 Å². The van der Waals surface area contributed by atoms with E-state index < -0.39 is 41.8 Å². The van der Waals surface area contributed by atoms with Crippen molar-refractivity contribution >= 4 is 16.8 Å². The molecule has 7 atom stereocenters. The molecule has 5 nitrogen and oxygen atoms in total. The Morgan fingerprint density at radius 2 is 1.73 bits per heavy atom. The van der Waals surface area contributed by atoms with Gasteiger partial charge in [0.05, 0.1) is 11.7 Å². The van der Waals surface area contributed by atoms with Gasteiger partial charge in [-0.05, 0) is 142 Å². The van der Waals surface area contributed by atoms with E-state index in [9.17, 15) is 36.1 Å². The van der Waals surface area contributed by atoms with E-state index in [0.717, 1.165) is 63.5 Å². The number of aliphatic hydroxyl groups excluding tert-OH is 1. The summed E-state index contributed by atoms with van der Waals surface area (Å²) < 4.78 is 81.2. The van der Waals surface area contributed by atoms with Gasteiger partial charge in [0.25, 0.3) is 0 Å². The molecule has 2 fully saturated rings. The minimum Gasteiger partial charge on any atom is -0.423 e. The Hall–Kier alpha value is -2.63. The largest absolute Gasteiger partial charge is 0.453 e. The van der Waals surface area contributed by atoms with Crippen molar-refractivity contribution in [1.29, 1.82) is 0 Å². The van der Waals surface area contributed by atoms with Crippen LogP contribution in [0.2, 0.25) is 0 Å². The van der Waals surface area contributed by atoms with Gasteiger partial charge in [0.1, 0.15) is 5.75 Å². The molecule has 0 aliphatic heterocycles. The Labute approximate surface area is 301 Å². The van der Waals surface area contributed by atoms with Crippen molar-refractivity contribution in [3.05, 3.63) is 77.4 Å². The third-order valence-electron chi connectivity index (χ3n) is 11.9. The number of carbonyl (C=O) groups excluding carboxylic acids is 1. The highest BCUT2D eigenvalue weighted by molar-refractivity contribution is 7.84. The molecule has 0 heterocycles. The van der Waals surface area contributed by atoms with Crippen molar-refractivity contribution in [2.24, 2.45) is 23.2 Å². The molecule has 3 aliphatic rings. The summed E-state index contributed by atoms with van der Waals surface area (Å²) in [4.78, 5) is 15.0. The minimum absolute atomic E-state index is 0.0674. The highest BCUT2D eigenvalue weighted by Crippen LogP contribution is 2.64. The average molecular weight is 738 g/mol. The first kappa shape index (κ1) is 39.6. The van der Waals surface area contributed by atoms with E-state index in [-0.39, 0.29) is 22.9 Å². The van der Waals surface area contributed by atoms with Crippen molar-refractivity contribution in [3.8, 4) is 5.75 Å². The topological polar surface area (TPSA) is 66.8 Å². The van der Waals surface area contributed by atoms with Crippen molar-refractivity contribution in [2.75, 3.05) is 31.6 Å². The molecule has 1 N–H and O–H groups in total. The Balaban J connectivity index is 1.13. The molecular weight excluding hydrogens is 686 g/mol. The third-order valence-corrected chi connectivity index (χ3v) is 13.4. The van der Waals surface area contributed by atoms with Gasteiger partial charge in [-0.1, -0.05) is 50.6 Å². The first-order valence-electron chi connectivity index (χ1n) is 18.4. The van der Waals surface area contributed by atoms with E-state index in [0.29, 0.717) is 48.0 Å². The van der Waals surface area contributed by atoms with Crippen LogP contribution in [-0.2, 0) is 17.2 Å². The minimum atomic E-state index is -5.57. The SMILES string of the molecule is C=C1[C@H](O)CC2C3C(CC[C@]12C)c1ccc(OC(=O)c2ccccc2)cc1C[C@H]3CCCCCN(C)CCCS(=O)CCCC(F)(F)C(F)(F)F. The van der Waals surface area contributed by atoms with Gasteiger partial charge in [0.2, 0.25) is 0 Å². The number of ether oxygens (including phenoxy) is 1. The lowest BCUT2D eigenvalue weighted by Gasteiger charge is -2.52. The van der Waals surface area contributed by atoms with Crippen LogP contribution in [0.15, 0.2) is 60.7 Å². The summed E-state index contributed by atoms with van der Waals surface area (Å²) in [5, 5.41) is 10.9. The molecule has 2 saturated carbocycles. The summed E-state index contributed by atoms with van der Waals surface area (Å²) in [6, 6.07) is 15.1. The van der Waals surface area contributed by atoms with Crippen LogP contribution in [0.1, 0.15) is 98.5 Å². The third kappa shape index (κ3) is 9.30. The number of hydrogen-bond acceptors (Lipinski definition) is 5. The fourth-order valence-electron chi connectivity index (χ4n) is 9.05. The van der Waals surface area contributed by atoms with Crippen molar-refractivity contribution in [2.45, 2.75) is 102 Å². The number of benzene rings is 2. The quantitative estimate of drug-likeness (QED) is 0.0613. The van der Waals surface area contributed by atoms with E-state index in [1.54, 1.807) is 12.1 Å². The zero-order valence-electron chi connectivity index (χ0n) is 29.7. The Morgan fingerprint density at radius 3 is 2.45 bits per heavy atom. The Kier molecular flexibility index (Phi) is 12.9. The van der Waals surface area contributed by atoms with Gasteiger partial charge in [0, 0.05) is 28.7 Å². The number of halogens is 5. The molecule has 0 radical (unpaired) electrons. The van der Waals surface area contributed by atoms with Gasteiger partial charge >= 0.3 is 18.1 Å². The fraction of sp³-hybridized carbons (Fsp3) is 0.625. The van der Waals surface area contributed by atoms with Crippen molar-refractivity contribution < 1.29 is 40.8 Å². The number of esters is 1. The molecule has 282 valence electrons. The lowest BCUT2D eigenvalue weighted by molar-refractivity contribution is -0.284. The van der Waals surface area contributed by atoms with Crippen LogP contribution in [0.3, 0.4) is 0 Å². The molecule has 11 heteroatoms. The average Bonchev–Trinajstić information content (AvgIpc) is 3.31. The number of aliphatic hydroxyl groups is 1. The summed E-state index contributed by atoms with van der Waals surface area (Å²) in [5.41, 5.74) is 4.00. The van der Waals surface area contributed by atoms with Gasteiger partial charge in [-0.2, -0.15) is 22.0 Å². The van der Waals surface area contributed by atoms with Gasteiger partial charge in [-0.3, -0.25) is 4.21 Å². The molecule has 5 rings (SSSR count). The molecule has 2 aromatic rings. The van der Waals surface area contributed by atoms with Crippen molar-refractivity contribution in [1.82, 2.24) is 4.90 Å². The Bertz CT molecular complexity index is 1530. The summed E-state index contributed by atoms with van der Waals surface area (Å²) in [6.07, 6.45) is 0.606. The monoisotopic (exact) mass is 737 g/mol. The number of alkyl halides is 5. The maximum atomic E-state index is 13.1. The molecule has 0 spiro atoms. The second-order valence-electron chi connectivity index (χ2n) is 15.3. The van der Waals surface area contributed by atoms with E-state index in [2.05, 4.69) is 30.5 Å². The zero-order chi connectivity index (χ0) is 37.0. The van der Waals surface area contributed by atoms with Crippen LogP contribution < -0.4 is 4.74 Å². The number of carbonyl (C=O) groups is 1. The molecule has 3 aliphatic carbocycles. The van der Waals surface area contributed by atoms with E-state index >= 15 is 0 Å². The number of unbranched alkanes of at least 4 members (excludes halogenated alkanes) is 2. The van der Waals surface area contributed by atoms with Crippen LogP contribution in [0, 0.1) is 23.2 Å². The smallest absolute Gasteiger partial charge is 0.423 e. The molecule has 4 unspecified atom stereocenters. The van der Waals surface area contributed by atoms with Crippen LogP contribution in [-0.4, -0.2) is 70.0 Å². The van der Waals surface area contributed by atoms with Gasteiger partial charge in [0.15, 0.2) is 0 Å². The lowest BCUT2D eigenvalue weighted by Crippen LogP contribution is -2.44. The second kappa shape index (κ2) is 16.6. The van der Waals surface area contributed by atoms with Crippen LogP contribution in [0.25, 0.3) is 0 Å². The molecule has 2 aromatic carbocycles. The number of fused-ring (bicyclic) bond motifs is 5. The highest BCUT2D eigenvalue weighted by Gasteiger charge is 2.57. The van der Waals surface area contributed by atoms with Gasteiger partial charge in [-0.15, -0.1) is 0 Å². The van der Waals surface area contributed by atoms with Gasteiger partial charge in [-0.25, -0.2) is 4.79 Å². The summed E-state index contributed by atoms with van der Waals surface area (Å²) in [6.45, 7) is 8.17. The highest BCUT2D eigenvalue weighted by atomic mass is 32.2. The first-order valence-corrected chi connectivity index (χ1v) is 19.8. The molecule has 0 bridgehead atoms. The number of rotatable bonds is 16. The Morgan fingerprint density at radius 1 is 1.02 bits per heavy atom. The molecule has 0 aromatic heterocycles. The maximum absolute atomic E-state index is 13.1. The molecular formula is C40H52F5NO4S. The zero-order valence-corrected chi connectivity index (χ0v) is 30.6. The normalized spacial score (nSPS) is 26.8. The van der Waals surface area contributed by atoms with E-state index in [4.69, 9.17) is 4.74 Å². The molecule has 51 heavy (non-hydrogen) atoms. The predicted octanol–water partition coefficient (Wildman–Crippen LogP) is 9.12. The fourth-order valence-corrected chi connectivity index (χ4v) is 10.2. The summed E-state index contributed by atoms with van der Waals surface area (Å²) in [5.74, 6) is -2.83. The lowest BCUT2D eigenvalue weighted by atomic mass is 9.52. The number of nitrogens with zero attached hydrogens (tertiary/aromatic N) is 1. The van der Waals surface area contributed by atoms with E-state index in [1.807, 2.05) is 31.3 Å². The van der Waals surface area contributed by atoms with Crippen LogP contribution in [0.5, 0.6) is 5.75 Å².